The Morgan fingerprint density at radius 2 is 2.00 bits per heavy atom. The maximum Gasteiger partial charge on any atom is 0.264 e. The molecule has 7 atom stereocenters. The Labute approximate surface area is 203 Å². The van der Waals surface area contributed by atoms with E-state index in [1.165, 1.54) is 32.1 Å². The fourth-order valence-electron chi connectivity index (χ4n) is 8.01. The fraction of sp³-hybridized carbons (Fsp3) is 0.643. The molecular formula is C28H37ClN2O2. The summed E-state index contributed by atoms with van der Waals surface area (Å²) in [5, 5.41) is 2.35. The third-order valence-corrected chi connectivity index (χ3v) is 10.0. The van der Waals surface area contributed by atoms with Crippen LogP contribution in [0.15, 0.2) is 36.4 Å². The largest absolute Gasteiger partial charge is 0.273 e. The zero-order chi connectivity index (χ0) is 23.4. The molecule has 1 heterocycles. The maximum absolute atomic E-state index is 13.0. The summed E-state index contributed by atoms with van der Waals surface area (Å²) in [5.41, 5.74) is 4.50. The number of benzene rings is 1. The highest BCUT2D eigenvalue weighted by Crippen LogP contribution is 2.63. The van der Waals surface area contributed by atoms with E-state index in [0.29, 0.717) is 22.8 Å². The number of hydrogen-bond acceptors (Lipinski definition) is 2. The SMILES string of the molecule is CC(CC(=O)NN1C(=O)C=C[C@@]2(C)C1CC[C@@H]1[C@H]2CC[C@]2(C)CCC[C@@H]12)c1cccc(Cl)c1. The normalized spacial score (nSPS) is 38.3. The minimum atomic E-state index is -0.109. The van der Waals surface area contributed by atoms with Gasteiger partial charge in [0.05, 0.1) is 6.04 Å². The summed E-state index contributed by atoms with van der Waals surface area (Å²) in [6, 6.07) is 7.69. The Balaban J connectivity index is 1.32. The quantitative estimate of drug-likeness (QED) is 0.566. The predicted molar refractivity (Wildman–Crippen MR) is 131 cm³/mol. The molecule has 0 saturated heterocycles. The molecule has 1 aromatic rings. The Morgan fingerprint density at radius 3 is 2.79 bits per heavy atom. The van der Waals surface area contributed by atoms with Crippen LogP contribution in [0.4, 0.5) is 0 Å². The smallest absolute Gasteiger partial charge is 0.264 e. The van der Waals surface area contributed by atoms with Gasteiger partial charge in [-0.05, 0) is 85.3 Å². The van der Waals surface area contributed by atoms with Crippen molar-refractivity contribution < 1.29 is 9.59 Å². The van der Waals surface area contributed by atoms with Crippen LogP contribution in [-0.2, 0) is 9.59 Å². The van der Waals surface area contributed by atoms with Crippen LogP contribution in [0.3, 0.4) is 0 Å². The second kappa shape index (κ2) is 8.45. The number of rotatable bonds is 4. The summed E-state index contributed by atoms with van der Waals surface area (Å²) in [6.07, 6.45) is 13.0. The van der Waals surface area contributed by atoms with E-state index >= 15 is 0 Å². The van der Waals surface area contributed by atoms with Crippen LogP contribution in [0.1, 0.15) is 83.6 Å². The van der Waals surface area contributed by atoms with Gasteiger partial charge in [-0.3, -0.25) is 15.0 Å². The van der Waals surface area contributed by atoms with Crippen LogP contribution in [0, 0.1) is 28.6 Å². The first kappa shape index (κ1) is 23.0. The number of nitrogens with zero attached hydrogens (tertiary/aromatic N) is 1. The van der Waals surface area contributed by atoms with Gasteiger partial charge in [0.1, 0.15) is 0 Å². The van der Waals surface area contributed by atoms with Gasteiger partial charge in [-0.1, -0.05) is 57.0 Å². The van der Waals surface area contributed by atoms with Gasteiger partial charge in [0, 0.05) is 22.9 Å². The summed E-state index contributed by atoms with van der Waals surface area (Å²) >= 11 is 6.13. The molecule has 4 nitrogen and oxygen atoms in total. The highest BCUT2D eigenvalue weighted by Gasteiger charge is 2.58. The standard InChI is InChI=1S/C28H37ClN2O2/c1-18(19-6-4-7-20(29)17-19)16-25(32)30-31-24-10-9-21-22-8-5-13-27(22,2)14-11-23(21)28(24,3)15-12-26(31)33/h4,6-7,12,15,17-18,21-24H,5,8-11,13-14,16H2,1-3H3,(H,30,32)/t18?,21-,22-,23+,24?,27-,28+/m0/s1. The fourth-order valence-corrected chi connectivity index (χ4v) is 8.21. The van der Waals surface area contributed by atoms with Gasteiger partial charge in [0.15, 0.2) is 0 Å². The van der Waals surface area contributed by atoms with Gasteiger partial charge in [-0.2, -0.15) is 0 Å². The molecule has 3 saturated carbocycles. The summed E-state index contributed by atoms with van der Waals surface area (Å²) in [5.74, 6) is 1.97. The van der Waals surface area contributed by atoms with E-state index in [9.17, 15) is 9.59 Å². The lowest BCUT2D eigenvalue weighted by molar-refractivity contribution is -0.153. The van der Waals surface area contributed by atoms with Crippen molar-refractivity contribution in [1.82, 2.24) is 10.4 Å². The molecule has 1 N–H and O–H groups in total. The van der Waals surface area contributed by atoms with Crippen molar-refractivity contribution in [3.63, 3.8) is 0 Å². The third kappa shape index (κ3) is 3.92. The lowest BCUT2D eigenvalue weighted by atomic mass is 9.48. The third-order valence-electron chi connectivity index (χ3n) is 9.80. The Hall–Kier alpha value is -1.81. The molecule has 1 aliphatic heterocycles. The number of halogens is 1. The van der Waals surface area contributed by atoms with Crippen molar-refractivity contribution >= 4 is 23.4 Å². The van der Waals surface area contributed by atoms with Gasteiger partial charge < -0.3 is 0 Å². The number of nitrogens with one attached hydrogen (secondary N) is 1. The summed E-state index contributed by atoms with van der Waals surface area (Å²) in [7, 11) is 0. The van der Waals surface area contributed by atoms with Crippen molar-refractivity contribution in [3.8, 4) is 0 Å². The summed E-state index contributed by atoms with van der Waals surface area (Å²) in [4.78, 5) is 25.9. The van der Waals surface area contributed by atoms with Crippen LogP contribution < -0.4 is 5.43 Å². The van der Waals surface area contributed by atoms with E-state index in [1.54, 1.807) is 11.1 Å². The molecular weight excluding hydrogens is 432 g/mol. The van der Waals surface area contributed by atoms with Crippen molar-refractivity contribution in [3.05, 3.63) is 47.0 Å². The minimum Gasteiger partial charge on any atom is -0.273 e. The average molecular weight is 469 g/mol. The van der Waals surface area contributed by atoms with Crippen LogP contribution in [-0.4, -0.2) is 22.9 Å². The number of carbonyl (C=O) groups excluding carboxylic acids is 2. The van der Waals surface area contributed by atoms with E-state index in [4.69, 9.17) is 11.6 Å². The first-order valence-electron chi connectivity index (χ1n) is 12.8. The maximum atomic E-state index is 13.0. The Morgan fingerprint density at radius 1 is 1.18 bits per heavy atom. The van der Waals surface area contributed by atoms with Gasteiger partial charge in [-0.15, -0.1) is 0 Å². The molecule has 1 aromatic carbocycles. The van der Waals surface area contributed by atoms with E-state index in [2.05, 4.69) is 25.3 Å². The van der Waals surface area contributed by atoms with E-state index in [-0.39, 0.29) is 29.2 Å². The first-order chi connectivity index (χ1) is 15.7. The predicted octanol–water partition coefficient (Wildman–Crippen LogP) is 6.26. The molecule has 2 unspecified atom stereocenters. The van der Waals surface area contributed by atoms with Crippen molar-refractivity contribution in [2.75, 3.05) is 0 Å². The zero-order valence-electron chi connectivity index (χ0n) is 20.1. The van der Waals surface area contributed by atoms with Crippen molar-refractivity contribution in [2.45, 2.75) is 84.1 Å². The molecule has 0 radical (unpaired) electrons. The minimum absolute atomic E-state index is 0.0274. The van der Waals surface area contributed by atoms with Crippen molar-refractivity contribution in [2.24, 2.45) is 28.6 Å². The average Bonchev–Trinajstić information content (AvgIpc) is 3.18. The molecule has 5 rings (SSSR count). The van der Waals surface area contributed by atoms with E-state index in [0.717, 1.165) is 30.2 Å². The summed E-state index contributed by atoms with van der Waals surface area (Å²) in [6.45, 7) is 6.88. The van der Waals surface area contributed by atoms with Crippen molar-refractivity contribution in [1.29, 1.82) is 0 Å². The second-order valence-corrected chi connectivity index (χ2v) is 12.1. The first-order valence-corrected chi connectivity index (χ1v) is 13.2. The molecule has 33 heavy (non-hydrogen) atoms. The number of hydrazine groups is 1. The Bertz CT molecular complexity index is 976. The monoisotopic (exact) mass is 468 g/mol. The van der Waals surface area contributed by atoms with Crippen LogP contribution in [0.5, 0.6) is 0 Å². The molecule has 0 spiro atoms. The molecule has 3 aliphatic carbocycles. The molecule has 2 amide bonds. The molecule has 5 heteroatoms. The lowest BCUT2D eigenvalue weighted by Gasteiger charge is -2.59. The van der Waals surface area contributed by atoms with Crippen LogP contribution in [0.25, 0.3) is 0 Å². The van der Waals surface area contributed by atoms with Gasteiger partial charge in [0.25, 0.3) is 5.91 Å². The van der Waals surface area contributed by atoms with Crippen LogP contribution >= 0.6 is 11.6 Å². The Kier molecular flexibility index (Phi) is 5.87. The zero-order valence-corrected chi connectivity index (χ0v) is 20.9. The highest BCUT2D eigenvalue weighted by molar-refractivity contribution is 6.30. The van der Waals surface area contributed by atoms with Gasteiger partial charge in [0.2, 0.25) is 5.91 Å². The molecule has 178 valence electrons. The number of fused-ring (bicyclic) bond motifs is 5. The molecule has 4 aliphatic rings. The summed E-state index contributed by atoms with van der Waals surface area (Å²) < 4.78 is 0. The number of amides is 2. The molecule has 0 bridgehead atoms. The van der Waals surface area contributed by atoms with Crippen LogP contribution in [0.2, 0.25) is 5.02 Å². The van der Waals surface area contributed by atoms with Gasteiger partial charge in [-0.25, -0.2) is 5.01 Å². The molecule has 3 fully saturated rings. The molecule has 0 aromatic heterocycles. The second-order valence-electron chi connectivity index (χ2n) is 11.7. The van der Waals surface area contributed by atoms with E-state index < -0.39 is 0 Å². The van der Waals surface area contributed by atoms with Gasteiger partial charge >= 0.3 is 0 Å². The topological polar surface area (TPSA) is 49.4 Å². The lowest BCUT2D eigenvalue weighted by Crippen LogP contribution is -2.64. The highest BCUT2D eigenvalue weighted by atomic mass is 35.5. The van der Waals surface area contributed by atoms with E-state index in [1.807, 2.05) is 31.2 Å². The number of carbonyl (C=O) groups is 2. The number of hydrogen-bond donors (Lipinski definition) is 1.